The first-order valence-corrected chi connectivity index (χ1v) is 10.3. The van der Waals surface area contributed by atoms with Crippen LogP contribution < -0.4 is 5.32 Å². The monoisotopic (exact) mass is 440 g/mol. The molecule has 0 aliphatic carbocycles. The Kier molecular flexibility index (Phi) is 6.23. The largest absolute Gasteiger partial charge is 0.479 e. The first kappa shape index (κ1) is 20.9. The van der Waals surface area contributed by atoms with E-state index < -0.39 is 41.3 Å². The first-order valence-electron chi connectivity index (χ1n) is 8.47. The summed E-state index contributed by atoms with van der Waals surface area (Å²) < 4.78 is 0. The smallest absolute Gasteiger partial charge is 0.385 e. The molecule has 0 saturated carbocycles. The number of hydrogen-bond donors (Lipinski definition) is 2. The second-order valence-electron chi connectivity index (χ2n) is 6.07. The van der Waals surface area contributed by atoms with Crippen molar-refractivity contribution in [1.82, 2.24) is 10.2 Å². The number of carbonyl (C=O) groups is 5. The molecule has 0 aromatic carbocycles. The molecule has 29 heavy (non-hydrogen) atoms. The van der Waals surface area contributed by atoms with E-state index in [2.05, 4.69) is 15.1 Å². The fourth-order valence-corrected chi connectivity index (χ4v) is 4.71. The fraction of sp³-hybridized carbons (Fsp3) is 0.353. The number of carboxylic acid groups (broad SMARTS) is 1. The van der Waals surface area contributed by atoms with E-state index >= 15 is 0 Å². The predicted octanol–water partition coefficient (Wildman–Crippen LogP) is 0.439. The Balaban J connectivity index is 1.68. The lowest BCUT2D eigenvalue weighted by Gasteiger charge is -2.50. The Labute approximate surface area is 172 Å². The third kappa shape index (κ3) is 4.27. The minimum absolute atomic E-state index is 0.0387. The number of hydrogen-bond acceptors (Lipinski definition) is 9. The minimum Gasteiger partial charge on any atom is -0.479 e. The zero-order valence-corrected chi connectivity index (χ0v) is 16.7. The van der Waals surface area contributed by atoms with Gasteiger partial charge in [0.05, 0.1) is 12.0 Å². The molecule has 2 amide bonds. The number of carbonyl (C=O) groups excluding carboxylic acids is 4. The molecule has 0 bridgehead atoms. The highest BCUT2D eigenvalue weighted by Gasteiger charge is 2.57. The van der Waals surface area contributed by atoms with Crippen LogP contribution in [0.2, 0.25) is 0 Å². The van der Waals surface area contributed by atoms with Crippen LogP contribution in [0.15, 0.2) is 28.5 Å². The summed E-state index contributed by atoms with van der Waals surface area (Å²) >= 11 is 2.41. The van der Waals surface area contributed by atoms with Gasteiger partial charge < -0.3 is 15.3 Å². The van der Waals surface area contributed by atoms with Gasteiger partial charge in [0.25, 0.3) is 0 Å². The lowest BCUT2D eigenvalue weighted by atomic mass is 9.98. The van der Waals surface area contributed by atoms with Crippen molar-refractivity contribution in [3.8, 4) is 0 Å². The number of thiophene rings is 1. The van der Waals surface area contributed by atoms with Gasteiger partial charge in [-0.2, -0.15) is 0 Å². The summed E-state index contributed by atoms with van der Waals surface area (Å²) in [5.41, 5.74) is -0.348. The number of carboxylic acids is 1. The van der Waals surface area contributed by atoms with E-state index in [1.807, 2.05) is 5.38 Å². The summed E-state index contributed by atoms with van der Waals surface area (Å²) in [7, 11) is 0. The maximum atomic E-state index is 12.5. The van der Waals surface area contributed by atoms with E-state index in [-0.39, 0.29) is 24.3 Å². The summed E-state index contributed by atoms with van der Waals surface area (Å²) in [6.07, 6.45) is 0.0698. The topological polar surface area (TPSA) is 139 Å². The molecular formula is C17H16N2O8S2. The van der Waals surface area contributed by atoms with Gasteiger partial charge in [-0.15, -0.1) is 23.1 Å². The van der Waals surface area contributed by atoms with Crippen LogP contribution in [0.25, 0.3) is 0 Å². The van der Waals surface area contributed by atoms with Crippen molar-refractivity contribution in [3.63, 3.8) is 0 Å². The zero-order chi connectivity index (χ0) is 21.1. The maximum absolute atomic E-state index is 12.5. The first-order chi connectivity index (χ1) is 13.8. The summed E-state index contributed by atoms with van der Waals surface area (Å²) in [5.74, 6) is -4.42. The van der Waals surface area contributed by atoms with Gasteiger partial charge in [-0.05, 0) is 16.9 Å². The summed E-state index contributed by atoms with van der Waals surface area (Å²) in [5, 5.41) is 14.5. The molecule has 10 nitrogen and oxygen atoms in total. The molecule has 1 saturated heterocycles. The van der Waals surface area contributed by atoms with Crippen LogP contribution in [-0.4, -0.2) is 57.2 Å². The lowest BCUT2D eigenvalue weighted by molar-refractivity contribution is -0.256. The number of fused-ring (bicyclic) bond motifs is 1. The van der Waals surface area contributed by atoms with Crippen molar-refractivity contribution in [2.24, 2.45) is 0 Å². The average molecular weight is 440 g/mol. The van der Waals surface area contributed by atoms with E-state index in [4.69, 9.17) is 0 Å². The van der Waals surface area contributed by atoms with Crippen LogP contribution in [0.4, 0.5) is 0 Å². The van der Waals surface area contributed by atoms with Gasteiger partial charge in [-0.25, -0.2) is 24.2 Å². The van der Waals surface area contributed by atoms with Crippen molar-refractivity contribution < 1.29 is 38.9 Å². The second-order valence-corrected chi connectivity index (χ2v) is 8.09. The highest BCUT2D eigenvalue weighted by atomic mass is 32.2. The number of amides is 2. The van der Waals surface area contributed by atoms with E-state index in [0.717, 1.165) is 21.5 Å². The molecule has 154 valence electrons. The Hall–Kier alpha value is -2.86. The third-order valence-corrected chi connectivity index (χ3v) is 6.23. The Morgan fingerprint density at radius 2 is 2.03 bits per heavy atom. The number of aliphatic carboxylic acids is 1. The quantitative estimate of drug-likeness (QED) is 0.366. The summed E-state index contributed by atoms with van der Waals surface area (Å²) in [6, 6.07) is 1.09. The highest BCUT2D eigenvalue weighted by molar-refractivity contribution is 8.03. The van der Waals surface area contributed by atoms with Gasteiger partial charge >= 0.3 is 17.9 Å². The zero-order valence-electron chi connectivity index (χ0n) is 15.0. The van der Waals surface area contributed by atoms with E-state index in [0.29, 0.717) is 0 Å². The highest BCUT2D eigenvalue weighted by Crippen LogP contribution is 2.40. The van der Waals surface area contributed by atoms with Crippen LogP contribution in [0.3, 0.4) is 0 Å². The van der Waals surface area contributed by atoms with Crippen LogP contribution in [0.1, 0.15) is 18.2 Å². The number of thioether (sulfide) groups is 1. The van der Waals surface area contributed by atoms with Gasteiger partial charge in [0.15, 0.2) is 6.04 Å². The van der Waals surface area contributed by atoms with Gasteiger partial charge in [0.2, 0.25) is 11.8 Å². The number of β-lactam (4-membered cyclic amide) rings is 1. The van der Waals surface area contributed by atoms with Crippen molar-refractivity contribution in [2.75, 3.05) is 0 Å². The fourth-order valence-electron chi connectivity index (χ4n) is 2.79. The van der Waals surface area contributed by atoms with Crippen molar-refractivity contribution in [1.29, 1.82) is 0 Å². The molecular weight excluding hydrogens is 424 g/mol. The molecule has 1 aromatic rings. The molecule has 2 unspecified atom stereocenters. The normalized spacial score (nSPS) is 22.7. The molecule has 2 aliphatic rings. The van der Waals surface area contributed by atoms with Gasteiger partial charge in [-0.1, -0.05) is 13.0 Å². The molecule has 1 fully saturated rings. The minimum atomic E-state index is -1.60. The molecule has 0 radical (unpaired) electrons. The van der Waals surface area contributed by atoms with Crippen LogP contribution in [0.5, 0.6) is 0 Å². The molecule has 2 aliphatic heterocycles. The third-order valence-electron chi connectivity index (χ3n) is 4.19. The number of nitrogens with one attached hydrogen (secondary N) is 1. The van der Waals surface area contributed by atoms with Crippen LogP contribution in [-0.2, 0) is 40.2 Å². The molecule has 3 atom stereocenters. The molecule has 3 rings (SSSR count). The molecule has 0 spiro atoms. The number of nitrogens with zero attached hydrogens (tertiary/aromatic N) is 1. The van der Waals surface area contributed by atoms with Crippen LogP contribution in [0, 0.1) is 0 Å². The summed E-state index contributed by atoms with van der Waals surface area (Å²) in [6.45, 7) is 1.49. The SMILES string of the molecule is CCC(=O)OOC(=O)C1=CS[C@@H]2C(NC(=O)Cc3cccs3)C(=O)N2C1C(=O)O. The average Bonchev–Trinajstić information content (AvgIpc) is 3.21. The van der Waals surface area contributed by atoms with Crippen molar-refractivity contribution >= 4 is 52.8 Å². The Morgan fingerprint density at radius 1 is 1.28 bits per heavy atom. The molecule has 2 N–H and O–H groups in total. The van der Waals surface area contributed by atoms with E-state index in [1.165, 1.54) is 23.7 Å². The van der Waals surface area contributed by atoms with Crippen LogP contribution >= 0.6 is 23.1 Å². The predicted molar refractivity (Wildman–Crippen MR) is 100 cm³/mol. The van der Waals surface area contributed by atoms with Gasteiger partial charge in [0.1, 0.15) is 11.4 Å². The lowest BCUT2D eigenvalue weighted by Crippen LogP contribution is -2.74. The molecule has 3 heterocycles. The molecule has 12 heteroatoms. The number of rotatable bonds is 6. The van der Waals surface area contributed by atoms with Crippen molar-refractivity contribution in [2.45, 2.75) is 37.2 Å². The Morgan fingerprint density at radius 3 is 2.66 bits per heavy atom. The van der Waals surface area contributed by atoms with E-state index in [9.17, 15) is 29.1 Å². The van der Waals surface area contributed by atoms with Gasteiger partial charge in [-0.3, -0.25) is 9.59 Å². The van der Waals surface area contributed by atoms with Crippen molar-refractivity contribution in [3.05, 3.63) is 33.4 Å². The maximum Gasteiger partial charge on any atom is 0.385 e. The summed E-state index contributed by atoms with van der Waals surface area (Å²) in [4.78, 5) is 70.0. The van der Waals surface area contributed by atoms with E-state index in [1.54, 1.807) is 12.1 Å². The molecule has 1 aromatic heterocycles. The Bertz CT molecular complexity index is 882. The van der Waals surface area contributed by atoms with Gasteiger partial charge in [0, 0.05) is 11.3 Å². The standard InChI is InChI=1S/C17H16N2O8S2/c1-2-11(21)26-27-17(25)9-7-29-15-12(14(22)19(15)13(9)16(23)24)18-10(20)6-8-4-3-5-28-8/h3-5,7,12-13,15H,2,6H2,1H3,(H,18,20)(H,23,24)/t12?,13?,15-/m1/s1. The second kappa shape index (κ2) is 8.66.